The zero-order valence-corrected chi connectivity index (χ0v) is 24.2. The molecule has 0 aromatic heterocycles. The highest BCUT2D eigenvalue weighted by atomic mass is 16.5. The van der Waals surface area contributed by atoms with Crippen molar-refractivity contribution in [3.8, 4) is 78.6 Å². The van der Waals surface area contributed by atoms with Crippen LogP contribution in [0.25, 0.3) is 77.2 Å². The highest BCUT2D eigenvalue weighted by Crippen LogP contribution is 2.51. The molecule has 2 heterocycles. The second-order valence-corrected chi connectivity index (χ2v) is 11.4. The highest BCUT2D eigenvalue weighted by Gasteiger charge is 2.23. The van der Waals surface area contributed by atoms with Crippen molar-refractivity contribution in [3.63, 3.8) is 0 Å². The van der Waals surface area contributed by atoms with E-state index in [4.69, 9.17) is 16.3 Å². The van der Waals surface area contributed by atoms with Gasteiger partial charge in [0.15, 0.2) is 0 Å². The maximum Gasteiger partial charge on any atom is 0.135 e. The van der Waals surface area contributed by atoms with Gasteiger partial charge in [0.2, 0.25) is 0 Å². The van der Waals surface area contributed by atoms with Gasteiger partial charge < -0.3 is 9.47 Å². The predicted molar refractivity (Wildman–Crippen MR) is 189 cm³/mol. The molecule has 10 rings (SSSR count). The fourth-order valence-corrected chi connectivity index (χ4v) is 6.84. The van der Waals surface area contributed by atoms with E-state index < -0.39 is 30.2 Å². The Labute approximate surface area is 278 Å². The smallest absolute Gasteiger partial charge is 0.135 e. The molecule has 0 amide bonds. The average Bonchev–Trinajstić information content (AvgIpc) is 3.19. The van der Waals surface area contributed by atoms with Crippen LogP contribution in [-0.2, 0) is 0 Å². The van der Waals surface area contributed by atoms with Crippen molar-refractivity contribution in [1.29, 1.82) is 0 Å². The van der Waals surface area contributed by atoms with Crippen LogP contribution in [-0.4, -0.2) is 0 Å². The summed E-state index contributed by atoms with van der Waals surface area (Å²) in [7, 11) is 0. The van der Waals surface area contributed by atoms with E-state index in [0.717, 1.165) is 33.0 Å². The van der Waals surface area contributed by atoms with Crippen LogP contribution in [0.3, 0.4) is 0 Å². The molecule has 2 aliphatic heterocycles. The molecule has 0 bridgehead atoms. The molecule has 0 fully saturated rings. The number of hydrogen-bond acceptors (Lipinski definition) is 2. The third-order valence-corrected chi connectivity index (χ3v) is 8.84. The average molecular weight is 595 g/mol. The number of rotatable bonds is 3. The van der Waals surface area contributed by atoms with E-state index in [2.05, 4.69) is 0 Å². The summed E-state index contributed by atoms with van der Waals surface area (Å²) in [6.07, 6.45) is 0. The SMILES string of the molecule is [2H]c1c([2H])c([2H])c(-c2c([2H])c(-c3ccc4c5c(cccc35)-c3ccccc3O4)c([2H])c(-c3ccc4c5c(cccc35)-c3ccccc3O4)c2[2H])c([2H])c1[2H]. The normalized spacial score (nSPS) is 14.7. The van der Waals surface area contributed by atoms with E-state index >= 15 is 0 Å². The molecule has 0 spiro atoms. The summed E-state index contributed by atoms with van der Waals surface area (Å²) in [5.41, 5.74) is 4.59. The monoisotopic (exact) mass is 594 g/mol. The first-order valence-electron chi connectivity index (χ1n) is 19.0. The molecule has 2 heteroatoms. The van der Waals surface area contributed by atoms with E-state index in [9.17, 15) is 4.11 Å². The molecule has 214 valence electrons. The number of hydrogen-bond donors (Lipinski definition) is 0. The number of ether oxygens (including phenoxy) is 2. The van der Waals surface area contributed by atoms with Crippen LogP contribution in [0.5, 0.6) is 23.0 Å². The minimum Gasteiger partial charge on any atom is -0.456 e. The van der Waals surface area contributed by atoms with Gasteiger partial charge in [0.25, 0.3) is 0 Å². The summed E-state index contributed by atoms with van der Waals surface area (Å²) >= 11 is 0. The molecular weight excluding hydrogens is 560 g/mol. The Morgan fingerprint density at radius 2 is 0.826 bits per heavy atom. The fraction of sp³-hybridized carbons (Fsp3) is 0. The lowest BCUT2D eigenvalue weighted by atomic mass is 9.86. The Bertz CT molecular complexity index is 2800. The third kappa shape index (κ3) is 3.71. The van der Waals surface area contributed by atoms with Gasteiger partial charge in [0.1, 0.15) is 23.0 Å². The van der Waals surface area contributed by atoms with Crippen LogP contribution in [0.2, 0.25) is 0 Å². The third-order valence-electron chi connectivity index (χ3n) is 8.84. The van der Waals surface area contributed by atoms with E-state index in [-0.39, 0.29) is 40.4 Å². The van der Waals surface area contributed by atoms with Crippen LogP contribution >= 0.6 is 0 Å². The minimum atomic E-state index is -0.572. The predicted octanol–water partition coefficient (Wildman–Crippen LogP) is 12.5. The molecule has 0 atom stereocenters. The van der Waals surface area contributed by atoms with Gasteiger partial charge in [0, 0.05) is 21.9 Å². The first-order valence-corrected chi connectivity index (χ1v) is 15.0. The van der Waals surface area contributed by atoms with E-state index in [0.29, 0.717) is 44.9 Å². The van der Waals surface area contributed by atoms with Crippen molar-refractivity contribution in [2.45, 2.75) is 0 Å². The Morgan fingerprint density at radius 1 is 0.348 bits per heavy atom. The summed E-state index contributed by atoms with van der Waals surface area (Å²) in [5.74, 6) is 2.67. The summed E-state index contributed by atoms with van der Waals surface area (Å²) in [6, 6.07) is 30.9. The number of para-hydroxylation sites is 2. The van der Waals surface area contributed by atoms with Crippen molar-refractivity contribution < 1.29 is 20.4 Å². The van der Waals surface area contributed by atoms with Gasteiger partial charge in [0.05, 0.1) is 11.0 Å². The summed E-state index contributed by atoms with van der Waals surface area (Å²) < 4.78 is 85.2. The van der Waals surface area contributed by atoms with E-state index in [1.807, 2.05) is 97.1 Å². The molecule has 0 aliphatic carbocycles. The van der Waals surface area contributed by atoms with Crippen LogP contribution in [0, 0.1) is 0 Å². The van der Waals surface area contributed by atoms with Crippen LogP contribution in [0.4, 0.5) is 0 Å². The second-order valence-electron chi connectivity index (χ2n) is 11.4. The van der Waals surface area contributed by atoms with E-state index in [1.165, 1.54) is 0 Å². The number of benzene rings is 8. The molecule has 46 heavy (non-hydrogen) atoms. The van der Waals surface area contributed by atoms with Gasteiger partial charge in [-0.15, -0.1) is 0 Å². The maximum absolute atomic E-state index is 9.91. The zero-order chi connectivity index (χ0) is 37.2. The van der Waals surface area contributed by atoms with Gasteiger partial charge >= 0.3 is 0 Å². The highest BCUT2D eigenvalue weighted by molar-refractivity contribution is 6.12. The number of fused-ring (bicyclic) bond motifs is 4. The van der Waals surface area contributed by atoms with E-state index in [1.54, 1.807) is 12.1 Å². The van der Waals surface area contributed by atoms with Gasteiger partial charge in [-0.05, 0) is 97.7 Å². The second kappa shape index (κ2) is 9.69. The summed E-state index contributed by atoms with van der Waals surface area (Å²) in [6.45, 7) is 0. The van der Waals surface area contributed by atoms with Crippen molar-refractivity contribution in [2.75, 3.05) is 0 Å². The van der Waals surface area contributed by atoms with Crippen molar-refractivity contribution >= 4 is 21.5 Å². The summed E-state index contributed by atoms with van der Waals surface area (Å²) in [5, 5.41) is 3.01. The Hall–Kier alpha value is -6.12. The maximum atomic E-state index is 9.91. The molecule has 2 aliphatic rings. The van der Waals surface area contributed by atoms with Crippen molar-refractivity contribution in [1.82, 2.24) is 0 Å². The standard InChI is InChI=1S/C44H26O2/c1-2-10-27(11-3-1)28-24-29(31-20-22-41-43-35(31)14-8-16-37(43)33-12-4-6-18-39(33)45-41)26-30(25-28)32-21-23-42-44-36(32)15-9-17-38(44)34-13-5-7-19-40(34)46-42/h1-26H/i1D,2D,3D,10D,11D,24D,25D,26D. The largest absolute Gasteiger partial charge is 0.456 e. The molecule has 0 saturated carbocycles. The quantitative estimate of drug-likeness (QED) is 0.203. The topological polar surface area (TPSA) is 18.5 Å². The van der Waals surface area contributed by atoms with Gasteiger partial charge in [-0.1, -0.05) is 115 Å². The van der Waals surface area contributed by atoms with Crippen LogP contribution in [0.15, 0.2) is 158 Å². The van der Waals surface area contributed by atoms with Crippen molar-refractivity contribution in [3.05, 3.63) is 158 Å². The molecule has 0 saturated heterocycles. The molecule has 8 aromatic rings. The van der Waals surface area contributed by atoms with Gasteiger partial charge in [-0.25, -0.2) is 0 Å². The fourth-order valence-electron chi connectivity index (χ4n) is 6.84. The first-order chi connectivity index (χ1) is 26.2. The minimum absolute atomic E-state index is 0.100. The van der Waals surface area contributed by atoms with Crippen LogP contribution < -0.4 is 9.47 Å². The molecular formula is C44H26O2. The Balaban J connectivity index is 1.34. The lowest BCUT2D eigenvalue weighted by molar-refractivity contribution is 0.487. The molecule has 2 nitrogen and oxygen atoms in total. The van der Waals surface area contributed by atoms with Crippen LogP contribution in [0.1, 0.15) is 11.0 Å². The lowest BCUT2D eigenvalue weighted by Crippen LogP contribution is -1.98. The Morgan fingerprint density at radius 3 is 1.37 bits per heavy atom. The Kier molecular flexibility index (Phi) is 3.92. The molecule has 8 aromatic carbocycles. The van der Waals surface area contributed by atoms with Gasteiger partial charge in [-0.2, -0.15) is 0 Å². The first kappa shape index (κ1) is 18.6. The van der Waals surface area contributed by atoms with Gasteiger partial charge in [-0.3, -0.25) is 0 Å². The summed E-state index contributed by atoms with van der Waals surface area (Å²) in [4.78, 5) is 0. The molecule has 0 unspecified atom stereocenters. The lowest BCUT2D eigenvalue weighted by Gasteiger charge is -2.23. The zero-order valence-electron chi connectivity index (χ0n) is 32.2. The van der Waals surface area contributed by atoms with Crippen molar-refractivity contribution in [2.24, 2.45) is 0 Å². The molecule has 0 radical (unpaired) electrons. The molecule has 0 N–H and O–H groups in total.